The molecule has 2 unspecified atom stereocenters. The Balaban J connectivity index is 2.02. The number of nitrogens with two attached hydrogens (primary N) is 1. The summed E-state index contributed by atoms with van der Waals surface area (Å²) < 4.78 is 19.1. The highest BCUT2D eigenvalue weighted by molar-refractivity contribution is 6.18. The van der Waals surface area contributed by atoms with Crippen LogP contribution in [0.3, 0.4) is 0 Å². The summed E-state index contributed by atoms with van der Waals surface area (Å²) in [5.41, 5.74) is 8.72. The quantitative estimate of drug-likeness (QED) is 0.363. The highest BCUT2D eigenvalue weighted by Gasteiger charge is 2.39. The predicted molar refractivity (Wildman–Crippen MR) is 144 cm³/mol. The number of rotatable bonds is 7. The van der Waals surface area contributed by atoms with Crippen LogP contribution in [0.4, 0.5) is 10.5 Å². The number of amides is 1. The third-order valence-corrected chi connectivity index (χ3v) is 6.52. The van der Waals surface area contributed by atoms with Crippen LogP contribution in [0.2, 0.25) is 0 Å². The van der Waals surface area contributed by atoms with E-state index in [1.54, 1.807) is 33.4 Å². The summed E-state index contributed by atoms with van der Waals surface area (Å²) in [7, 11) is 3.37. The van der Waals surface area contributed by atoms with E-state index in [9.17, 15) is 9.59 Å². The van der Waals surface area contributed by atoms with E-state index in [2.05, 4.69) is 15.1 Å². The maximum absolute atomic E-state index is 13.8. The number of anilines is 1. The molecule has 2 atom stereocenters. The fourth-order valence-corrected chi connectivity index (χ4v) is 4.99. The molecule has 0 aliphatic carbocycles. The Labute approximate surface area is 221 Å². The second-order valence-electron chi connectivity index (χ2n) is 9.45. The van der Waals surface area contributed by atoms with Crippen LogP contribution in [0.1, 0.15) is 61.0 Å². The molecule has 1 aliphatic rings. The second-order valence-corrected chi connectivity index (χ2v) is 9.45. The van der Waals surface area contributed by atoms with E-state index < -0.39 is 11.9 Å². The van der Waals surface area contributed by atoms with Crippen LogP contribution < -0.4 is 10.6 Å². The van der Waals surface area contributed by atoms with Gasteiger partial charge in [0.1, 0.15) is 5.69 Å². The lowest BCUT2D eigenvalue weighted by Gasteiger charge is -2.38. The molecule has 11 nitrogen and oxygen atoms in total. The minimum atomic E-state index is -0.575. The van der Waals surface area contributed by atoms with Gasteiger partial charge in [-0.15, -0.1) is 0 Å². The first-order valence-corrected chi connectivity index (χ1v) is 12.6. The van der Waals surface area contributed by atoms with Crippen molar-refractivity contribution >= 4 is 40.5 Å². The number of carbonyl (C=O) groups excluding carboxylic acids is 2. The van der Waals surface area contributed by atoms with Crippen LogP contribution in [0, 0.1) is 6.92 Å². The predicted octanol–water partition coefficient (Wildman–Crippen LogP) is 4.02. The van der Waals surface area contributed by atoms with E-state index in [4.69, 9.17) is 19.6 Å². The summed E-state index contributed by atoms with van der Waals surface area (Å²) in [6.45, 7) is 7.66. The summed E-state index contributed by atoms with van der Waals surface area (Å²) in [4.78, 5) is 37.6. The molecule has 1 amide bonds. The van der Waals surface area contributed by atoms with Crippen molar-refractivity contribution in [2.45, 2.75) is 58.8 Å². The van der Waals surface area contributed by atoms with Gasteiger partial charge < -0.3 is 19.6 Å². The van der Waals surface area contributed by atoms with Crippen molar-refractivity contribution in [1.82, 2.24) is 14.8 Å². The summed E-state index contributed by atoms with van der Waals surface area (Å²) in [6, 6.07) is 1.52. The lowest BCUT2D eigenvalue weighted by molar-refractivity contribution is -0.0374. The molecular weight excluding hydrogens is 488 g/mol. The van der Waals surface area contributed by atoms with E-state index in [0.29, 0.717) is 46.3 Å². The van der Waals surface area contributed by atoms with Crippen molar-refractivity contribution in [3.8, 4) is 0 Å². The fraction of sp³-hybridized carbons (Fsp3) is 0.444. The molecule has 0 aromatic carbocycles. The van der Waals surface area contributed by atoms with Crippen LogP contribution in [0.15, 0.2) is 34.1 Å². The Morgan fingerprint density at radius 3 is 2.61 bits per heavy atom. The van der Waals surface area contributed by atoms with E-state index in [-0.39, 0.29) is 36.3 Å². The van der Waals surface area contributed by atoms with Gasteiger partial charge in [-0.25, -0.2) is 9.78 Å². The normalized spacial score (nSPS) is 20.3. The number of aliphatic imine (C=N–C) groups is 1. The number of ketones is 1. The highest BCUT2D eigenvalue weighted by atomic mass is 16.6. The number of fused-ring (bicyclic) bond motifs is 1. The summed E-state index contributed by atoms with van der Waals surface area (Å²) in [5, 5.41) is 4.62. The first kappa shape index (κ1) is 27.1. The Hall–Kier alpha value is -3.99. The molecule has 38 heavy (non-hydrogen) atoms. The van der Waals surface area contributed by atoms with Gasteiger partial charge in [0.05, 0.1) is 36.0 Å². The number of furan rings is 1. The molecule has 2 N–H and O–H groups in total. The van der Waals surface area contributed by atoms with Crippen LogP contribution in [-0.2, 0) is 16.5 Å². The van der Waals surface area contributed by atoms with Crippen molar-refractivity contribution in [3.05, 3.63) is 47.2 Å². The lowest BCUT2D eigenvalue weighted by atomic mass is 9.96. The zero-order chi connectivity index (χ0) is 27.6. The Morgan fingerprint density at radius 1 is 1.32 bits per heavy atom. The zero-order valence-electron chi connectivity index (χ0n) is 22.6. The summed E-state index contributed by atoms with van der Waals surface area (Å²) in [6.07, 6.45) is 6.47. The number of ether oxygens (including phenoxy) is 2. The van der Waals surface area contributed by atoms with Gasteiger partial charge in [-0.3, -0.25) is 19.4 Å². The van der Waals surface area contributed by atoms with Gasteiger partial charge in [0.2, 0.25) is 17.3 Å². The van der Waals surface area contributed by atoms with Gasteiger partial charge in [0.15, 0.2) is 0 Å². The van der Waals surface area contributed by atoms with Crippen LogP contribution >= 0.6 is 0 Å². The maximum atomic E-state index is 13.8. The largest absolute Gasteiger partial charge is 0.449 e. The Bertz CT molecular complexity index is 1390. The molecule has 1 fully saturated rings. The average molecular weight is 523 g/mol. The topological polar surface area (TPSA) is 138 Å². The first-order valence-electron chi connectivity index (χ1n) is 12.6. The van der Waals surface area contributed by atoms with Crippen LogP contribution in [0.25, 0.3) is 16.7 Å². The smallest absolute Gasteiger partial charge is 0.414 e. The van der Waals surface area contributed by atoms with E-state index in [1.165, 1.54) is 22.0 Å². The third-order valence-electron chi connectivity index (χ3n) is 6.52. The zero-order valence-corrected chi connectivity index (χ0v) is 22.6. The lowest BCUT2D eigenvalue weighted by Crippen LogP contribution is -2.48. The molecule has 3 aromatic heterocycles. The number of pyridine rings is 1. The Kier molecular flexibility index (Phi) is 7.96. The van der Waals surface area contributed by atoms with Gasteiger partial charge in [0, 0.05) is 55.6 Å². The Morgan fingerprint density at radius 2 is 2.03 bits per heavy atom. The molecule has 11 heteroatoms. The molecule has 4 rings (SSSR count). The maximum Gasteiger partial charge on any atom is 0.414 e. The van der Waals surface area contributed by atoms with Gasteiger partial charge in [0.25, 0.3) is 0 Å². The fourth-order valence-electron chi connectivity index (χ4n) is 4.99. The summed E-state index contributed by atoms with van der Waals surface area (Å²) in [5.74, 6) is -0.434. The molecule has 4 heterocycles. The molecule has 1 saturated heterocycles. The molecule has 3 aromatic rings. The van der Waals surface area contributed by atoms with Crippen molar-refractivity contribution in [2.24, 2.45) is 17.8 Å². The average Bonchev–Trinajstić information content (AvgIpc) is 3.45. The molecule has 0 bridgehead atoms. The summed E-state index contributed by atoms with van der Waals surface area (Å²) >= 11 is 0. The van der Waals surface area contributed by atoms with E-state index in [1.807, 2.05) is 26.8 Å². The van der Waals surface area contributed by atoms with Gasteiger partial charge in [-0.2, -0.15) is 5.10 Å². The molecule has 0 saturated carbocycles. The SMILES string of the molecule is CCOC(=O)N(c1c(C(=O)c2cnn(C)c2)oc2nc(C)c(/C(C=NC)=C/N)cc12)C1CC(C)OC(C)C1. The van der Waals surface area contributed by atoms with Gasteiger partial charge in [-0.1, -0.05) is 0 Å². The molecule has 1 aliphatic heterocycles. The minimum absolute atomic E-state index is 0.0145. The van der Waals surface area contributed by atoms with Crippen molar-refractivity contribution in [1.29, 1.82) is 0 Å². The number of hydrogen-bond donors (Lipinski definition) is 1. The first-order chi connectivity index (χ1) is 18.2. The van der Waals surface area contributed by atoms with E-state index in [0.717, 1.165) is 0 Å². The van der Waals surface area contributed by atoms with Crippen LogP contribution in [0.5, 0.6) is 0 Å². The number of aryl methyl sites for hydroxylation is 2. The molecular formula is C27H34N6O5. The molecule has 202 valence electrons. The number of aromatic nitrogens is 3. The second kappa shape index (κ2) is 11.2. The number of allylic oxidation sites excluding steroid dienone is 1. The highest BCUT2D eigenvalue weighted by Crippen LogP contribution is 2.40. The number of carbonyl (C=O) groups is 2. The number of hydrogen-bond acceptors (Lipinski definition) is 9. The standard InChI is InChI=1S/C27H34N6O5/c1-7-36-27(35)33(20-8-15(2)37-16(3)9-20)23-22-10-21(18(11-28)12-29-5)17(4)31-26(22)38-25(23)24(34)19-13-30-32(6)14-19/h10-16,20H,7-9,28H2,1-6H3/b18-11+,29-12?. The third kappa shape index (κ3) is 5.19. The van der Waals surface area contributed by atoms with Crippen LogP contribution in [-0.4, -0.2) is 64.8 Å². The van der Waals surface area contributed by atoms with Crippen molar-refractivity contribution in [3.63, 3.8) is 0 Å². The molecule has 0 spiro atoms. The molecule has 0 radical (unpaired) electrons. The number of nitrogens with zero attached hydrogens (tertiary/aromatic N) is 5. The van der Waals surface area contributed by atoms with Gasteiger partial charge in [-0.05, 0) is 46.6 Å². The van der Waals surface area contributed by atoms with Crippen molar-refractivity contribution < 1.29 is 23.5 Å². The van der Waals surface area contributed by atoms with Crippen molar-refractivity contribution in [2.75, 3.05) is 18.6 Å². The minimum Gasteiger partial charge on any atom is -0.449 e. The van der Waals surface area contributed by atoms with Gasteiger partial charge >= 0.3 is 6.09 Å². The van der Waals surface area contributed by atoms with E-state index >= 15 is 0 Å². The monoisotopic (exact) mass is 522 g/mol.